The van der Waals surface area contributed by atoms with Gasteiger partial charge in [0.05, 0.1) is 43.3 Å². The highest BCUT2D eigenvalue weighted by atomic mass is 16.5. The number of aryl methyl sites for hydroxylation is 1. The first-order chi connectivity index (χ1) is 12.9. The van der Waals surface area contributed by atoms with Crippen LogP contribution >= 0.6 is 0 Å². The fraction of sp³-hybridized carbons (Fsp3) is 0.632. The fourth-order valence-corrected chi connectivity index (χ4v) is 4.43. The fourth-order valence-electron chi connectivity index (χ4n) is 4.43. The maximum Gasteiger partial charge on any atom is 0.230 e. The molecule has 1 aromatic rings. The monoisotopic (exact) mass is 375 g/mol. The molecule has 2 amide bonds. The second kappa shape index (κ2) is 6.76. The highest BCUT2D eigenvalue weighted by molar-refractivity contribution is 5.93. The van der Waals surface area contributed by atoms with Gasteiger partial charge >= 0.3 is 0 Å². The van der Waals surface area contributed by atoms with Crippen LogP contribution in [0.15, 0.2) is 22.7 Å². The molecule has 0 saturated carbocycles. The Morgan fingerprint density at radius 1 is 1.52 bits per heavy atom. The van der Waals surface area contributed by atoms with Crippen LogP contribution in [0.1, 0.15) is 18.4 Å². The van der Waals surface area contributed by atoms with Crippen molar-refractivity contribution in [3.63, 3.8) is 0 Å². The van der Waals surface area contributed by atoms with Gasteiger partial charge in [-0.1, -0.05) is 17.3 Å². The predicted octanol–water partition coefficient (Wildman–Crippen LogP) is 0.760. The van der Waals surface area contributed by atoms with Gasteiger partial charge in [-0.25, -0.2) is 0 Å². The Labute approximate surface area is 158 Å². The van der Waals surface area contributed by atoms with Gasteiger partial charge in [0.25, 0.3) is 0 Å². The molecule has 4 atom stereocenters. The summed E-state index contributed by atoms with van der Waals surface area (Å²) in [6.07, 6.45) is 3.54. The minimum absolute atomic E-state index is 0.0242. The summed E-state index contributed by atoms with van der Waals surface area (Å²) in [5.41, 5.74) is 0.0877. The highest BCUT2D eigenvalue weighted by Gasteiger charge is 2.67. The standard InChI is InChI=1S/C19H25N3O5/c1-4-25-8-7-22-11-19-6-5-14(26-19)15(16(19)18(22)24)17(23)21(3)10-13-9-12(2)20-27-13/h5-6,9,14-16H,4,7-8,10-11H2,1-3H3/t14-,15+,16-,19-/m0/s1. The van der Waals surface area contributed by atoms with Crippen molar-refractivity contribution in [1.82, 2.24) is 15.0 Å². The number of fused-ring (bicyclic) bond motifs is 1. The predicted molar refractivity (Wildman–Crippen MR) is 94.5 cm³/mol. The van der Waals surface area contributed by atoms with Gasteiger partial charge in [0.15, 0.2) is 5.76 Å². The Balaban J connectivity index is 1.49. The van der Waals surface area contributed by atoms with Gasteiger partial charge in [-0.15, -0.1) is 0 Å². The number of hydrogen-bond donors (Lipinski definition) is 0. The molecule has 2 saturated heterocycles. The van der Waals surface area contributed by atoms with E-state index in [1.807, 2.05) is 26.0 Å². The van der Waals surface area contributed by atoms with Gasteiger partial charge in [-0.2, -0.15) is 0 Å². The zero-order chi connectivity index (χ0) is 19.2. The smallest absolute Gasteiger partial charge is 0.230 e. The number of amides is 2. The van der Waals surface area contributed by atoms with Crippen molar-refractivity contribution in [3.05, 3.63) is 29.7 Å². The second-order valence-corrected chi connectivity index (χ2v) is 7.49. The summed E-state index contributed by atoms with van der Waals surface area (Å²) in [6.45, 7) is 6.17. The molecular weight excluding hydrogens is 350 g/mol. The molecule has 0 aromatic carbocycles. The molecule has 146 valence electrons. The van der Waals surface area contributed by atoms with Crippen LogP contribution in [0.3, 0.4) is 0 Å². The normalized spacial score (nSPS) is 31.0. The van der Waals surface area contributed by atoms with Crippen LogP contribution in [0.2, 0.25) is 0 Å². The van der Waals surface area contributed by atoms with Crippen molar-refractivity contribution >= 4 is 11.8 Å². The highest BCUT2D eigenvalue weighted by Crippen LogP contribution is 2.52. The average molecular weight is 375 g/mol. The average Bonchev–Trinajstić information content (AvgIpc) is 3.37. The van der Waals surface area contributed by atoms with Crippen molar-refractivity contribution in [3.8, 4) is 0 Å². The third-order valence-corrected chi connectivity index (χ3v) is 5.62. The number of carbonyl (C=O) groups is 2. The lowest BCUT2D eigenvalue weighted by atomic mass is 9.76. The Bertz CT molecular complexity index is 775. The second-order valence-electron chi connectivity index (χ2n) is 7.49. The molecule has 1 spiro atoms. The van der Waals surface area contributed by atoms with Crippen molar-refractivity contribution in [2.45, 2.75) is 32.1 Å². The van der Waals surface area contributed by atoms with Crippen molar-refractivity contribution in [1.29, 1.82) is 0 Å². The maximum absolute atomic E-state index is 13.2. The van der Waals surface area contributed by atoms with Crippen LogP contribution in [-0.2, 0) is 25.6 Å². The number of likely N-dealkylation sites (tertiary alicyclic amines) is 1. The largest absolute Gasteiger partial charge is 0.380 e. The summed E-state index contributed by atoms with van der Waals surface area (Å²) in [7, 11) is 1.72. The van der Waals surface area contributed by atoms with Crippen LogP contribution in [0.4, 0.5) is 0 Å². The lowest BCUT2D eigenvalue weighted by molar-refractivity contribution is -0.143. The number of nitrogens with zero attached hydrogens (tertiary/aromatic N) is 3. The van der Waals surface area contributed by atoms with Crippen molar-refractivity contribution in [2.24, 2.45) is 11.8 Å². The first-order valence-corrected chi connectivity index (χ1v) is 9.36. The van der Waals surface area contributed by atoms with E-state index in [1.54, 1.807) is 22.9 Å². The topological polar surface area (TPSA) is 85.1 Å². The molecule has 4 heterocycles. The summed E-state index contributed by atoms with van der Waals surface area (Å²) < 4.78 is 16.7. The zero-order valence-electron chi connectivity index (χ0n) is 15.9. The number of ether oxygens (including phenoxy) is 2. The molecule has 27 heavy (non-hydrogen) atoms. The van der Waals surface area contributed by atoms with Crippen molar-refractivity contribution < 1.29 is 23.6 Å². The molecular formula is C19H25N3O5. The van der Waals surface area contributed by atoms with E-state index in [-0.39, 0.29) is 17.9 Å². The van der Waals surface area contributed by atoms with E-state index in [0.29, 0.717) is 38.6 Å². The van der Waals surface area contributed by atoms with E-state index in [2.05, 4.69) is 5.16 Å². The molecule has 0 radical (unpaired) electrons. The van der Waals surface area contributed by atoms with Crippen LogP contribution in [0, 0.1) is 18.8 Å². The van der Waals surface area contributed by atoms with Crippen LogP contribution in [0.25, 0.3) is 0 Å². The molecule has 3 aliphatic rings. The Kier molecular flexibility index (Phi) is 4.55. The van der Waals surface area contributed by atoms with Crippen LogP contribution in [-0.4, -0.2) is 71.8 Å². The summed E-state index contributed by atoms with van der Waals surface area (Å²) in [6, 6.07) is 1.80. The van der Waals surface area contributed by atoms with Gasteiger partial charge in [0.1, 0.15) is 5.60 Å². The molecule has 0 N–H and O–H groups in total. The van der Waals surface area contributed by atoms with Gasteiger partial charge in [0, 0.05) is 26.3 Å². The van der Waals surface area contributed by atoms with Crippen LogP contribution in [0.5, 0.6) is 0 Å². The quantitative estimate of drug-likeness (QED) is 0.517. The van der Waals surface area contributed by atoms with E-state index in [4.69, 9.17) is 14.0 Å². The molecule has 8 heteroatoms. The van der Waals surface area contributed by atoms with Gasteiger partial charge in [0.2, 0.25) is 11.8 Å². The van der Waals surface area contributed by atoms with Gasteiger partial charge in [-0.05, 0) is 13.8 Å². The number of rotatable bonds is 7. The minimum atomic E-state index is -0.683. The molecule has 4 rings (SSSR count). The minimum Gasteiger partial charge on any atom is -0.380 e. The Hall–Kier alpha value is -2.19. The molecule has 3 aliphatic heterocycles. The summed E-state index contributed by atoms with van der Waals surface area (Å²) in [5.74, 6) is -0.489. The summed E-state index contributed by atoms with van der Waals surface area (Å²) in [4.78, 5) is 29.5. The van der Waals surface area contributed by atoms with Crippen LogP contribution < -0.4 is 0 Å². The SMILES string of the molecule is CCOCCN1C[C@]23C=C[C@H](O2)[C@@H](C(=O)N(C)Cc2cc(C)no2)[C@H]3C1=O. The van der Waals surface area contributed by atoms with E-state index in [1.165, 1.54) is 0 Å². The maximum atomic E-state index is 13.2. The van der Waals surface area contributed by atoms with E-state index < -0.39 is 17.4 Å². The first-order valence-electron chi connectivity index (χ1n) is 9.36. The van der Waals surface area contributed by atoms with E-state index in [9.17, 15) is 9.59 Å². The van der Waals surface area contributed by atoms with Gasteiger partial charge < -0.3 is 23.8 Å². The molecule has 8 nitrogen and oxygen atoms in total. The van der Waals surface area contributed by atoms with E-state index >= 15 is 0 Å². The summed E-state index contributed by atoms with van der Waals surface area (Å²) >= 11 is 0. The number of hydrogen-bond acceptors (Lipinski definition) is 6. The summed E-state index contributed by atoms with van der Waals surface area (Å²) in [5, 5.41) is 3.85. The first kappa shape index (κ1) is 18.2. The van der Waals surface area contributed by atoms with Gasteiger partial charge in [-0.3, -0.25) is 9.59 Å². The molecule has 0 aliphatic carbocycles. The zero-order valence-corrected chi connectivity index (χ0v) is 15.9. The molecule has 2 fully saturated rings. The Morgan fingerprint density at radius 3 is 3.04 bits per heavy atom. The Morgan fingerprint density at radius 2 is 2.33 bits per heavy atom. The number of carbonyl (C=O) groups excluding carboxylic acids is 2. The lowest BCUT2D eigenvalue weighted by Crippen LogP contribution is -2.44. The molecule has 1 aromatic heterocycles. The third kappa shape index (κ3) is 2.96. The lowest BCUT2D eigenvalue weighted by Gasteiger charge is -2.27. The van der Waals surface area contributed by atoms with Crippen molar-refractivity contribution in [2.75, 3.05) is 33.4 Å². The molecule has 2 bridgehead atoms. The third-order valence-electron chi connectivity index (χ3n) is 5.62. The molecule has 0 unspecified atom stereocenters. The van der Waals surface area contributed by atoms with E-state index in [0.717, 1.165) is 5.69 Å². The number of aromatic nitrogens is 1.